The number of nitrogens with zero attached hydrogens (tertiary/aromatic N) is 3. The minimum absolute atomic E-state index is 0.266. The van der Waals surface area contributed by atoms with E-state index in [0.717, 1.165) is 5.39 Å². The molecular weight excluding hydrogens is 210 g/mol. The van der Waals surface area contributed by atoms with Gasteiger partial charge in [0.2, 0.25) is 0 Å². The van der Waals surface area contributed by atoms with Crippen molar-refractivity contribution in [1.29, 1.82) is 0 Å². The maximum Gasteiger partial charge on any atom is 0.166 e. The van der Waals surface area contributed by atoms with E-state index in [0.29, 0.717) is 22.8 Å². The molecule has 2 aromatic rings. The van der Waals surface area contributed by atoms with Gasteiger partial charge in [0.15, 0.2) is 5.65 Å². The highest BCUT2D eigenvalue weighted by molar-refractivity contribution is 6.44. The van der Waals surface area contributed by atoms with E-state index < -0.39 is 0 Å². The molecule has 2 aromatic heterocycles. The Morgan fingerprint density at radius 3 is 2.73 bits per heavy atom. The van der Waals surface area contributed by atoms with E-state index in [-0.39, 0.29) is 5.15 Å². The van der Waals surface area contributed by atoms with Crippen LogP contribution in [0.1, 0.15) is 5.82 Å². The smallest absolute Gasteiger partial charge is 0.166 e. The first-order valence-electron chi connectivity index (χ1n) is 4.40. The molecule has 0 atom stereocenters. The van der Waals surface area contributed by atoms with Gasteiger partial charge < -0.3 is 5.32 Å². The summed E-state index contributed by atoms with van der Waals surface area (Å²) in [5.41, 5.74) is 0.971. The first kappa shape index (κ1) is 10.2. The van der Waals surface area contributed by atoms with Crippen LogP contribution in [0.15, 0.2) is 6.07 Å². The number of fused-ring (bicyclic) bond motifs is 1. The molecule has 4 nitrogen and oxygen atoms in total. The van der Waals surface area contributed by atoms with E-state index in [1.165, 1.54) is 0 Å². The summed E-state index contributed by atoms with van der Waals surface area (Å²) in [5, 5.41) is 4.00. The third-order valence-corrected chi connectivity index (χ3v) is 2.32. The van der Waals surface area contributed by atoms with Gasteiger partial charge in [-0.05, 0) is 6.92 Å². The normalized spacial score (nSPS) is 10.6. The Balaban J connectivity index is 2.84. The molecule has 6 heteroatoms. The van der Waals surface area contributed by atoms with E-state index in [1.54, 1.807) is 20.0 Å². The monoisotopic (exact) mass is 218 g/mol. The van der Waals surface area contributed by atoms with E-state index in [1.807, 2.05) is 0 Å². The molecule has 0 fully saturated rings. The summed E-state index contributed by atoms with van der Waals surface area (Å²) in [6.45, 7) is 1.80. The summed E-state index contributed by atoms with van der Waals surface area (Å²) in [5.74, 6) is 1.34. The van der Waals surface area contributed by atoms with Crippen molar-refractivity contribution in [3.63, 3.8) is 0 Å². The molecule has 2 radical (unpaired) electrons. The Morgan fingerprint density at radius 1 is 1.33 bits per heavy atom. The van der Waals surface area contributed by atoms with Crippen LogP contribution in [0.4, 0.5) is 5.82 Å². The van der Waals surface area contributed by atoms with Crippen molar-refractivity contribution < 1.29 is 0 Å². The molecule has 74 valence electrons. The molecule has 0 saturated heterocycles. The summed E-state index contributed by atoms with van der Waals surface area (Å²) in [6, 6.07) is 1.72. The van der Waals surface area contributed by atoms with Crippen LogP contribution in [-0.4, -0.2) is 29.8 Å². The van der Waals surface area contributed by atoms with Gasteiger partial charge in [-0.1, -0.05) is 23.1 Å². The molecule has 2 rings (SSSR count). The molecule has 1 N–H and O–H groups in total. The first-order valence-corrected chi connectivity index (χ1v) is 4.77. The molecule has 0 bridgehead atoms. The molecule has 0 spiro atoms. The fourth-order valence-electron chi connectivity index (χ4n) is 1.35. The second-order valence-electron chi connectivity index (χ2n) is 3.11. The van der Waals surface area contributed by atoms with Crippen LogP contribution in [0.3, 0.4) is 0 Å². The summed E-state index contributed by atoms with van der Waals surface area (Å²) in [7, 11) is 7.45. The SMILES string of the molecule is [B]c1cc2c(NC)nc(C)nc2nc1Cl. The molecule has 15 heavy (non-hydrogen) atoms. The molecule has 0 unspecified atom stereocenters. The summed E-state index contributed by atoms with van der Waals surface area (Å²) < 4.78 is 0. The summed E-state index contributed by atoms with van der Waals surface area (Å²) in [4.78, 5) is 12.5. The fourth-order valence-corrected chi connectivity index (χ4v) is 1.48. The number of pyridine rings is 1. The van der Waals surface area contributed by atoms with Crippen molar-refractivity contribution in [3.05, 3.63) is 17.0 Å². The number of aryl methyl sites for hydroxylation is 1. The third kappa shape index (κ3) is 1.75. The maximum atomic E-state index is 5.82. The van der Waals surface area contributed by atoms with Crippen molar-refractivity contribution in [2.75, 3.05) is 12.4 Å². The van der Waals surface area contributed by atoms with Crippen LogP contribution in [0.2, 0.25) is 5.15 Å². The van der Waals surface area contributed by atoms with Crippen LogP contribution in [0.5, 0.6) is 0 Å². The van der Waals surface area contributed by atoms with E-state index >= 15 is 0 Å². The van der Waals surface area contributed by atoms with Crippen molar-refractivity contribution in [3.8, 4) is 0 Å². The summed E-state index contributed by atoms with van der Waals surface area (Å²) >= 11 is 5.82. The number of halogens is 1. The van der Waals surface area contributed by atoms with E-state index in [9.17, 15) is 0 Å². The minimum atomic E-state index is 0.266. The van der Waals surface area contributed by atoms with Crippen LogP contribution >= 0.6 is 11.6 Å². The van der Waals surface area contributed by atoms with Crippen LogP contribution in [0.25, 0.3) is 11.0 Å². The third-order valence-electron chi connectivity index (χ3n) is 2.02. The van der Waals surface area contributed by atoms with Crippen molar-refractivity contribution in [1.82, 2.24) is 15.0 Å². The Bertz CT molecular complexity index is 529. The van der Waals surface area contributed by atoms with E-state index in [4.69, 9.17) is 19.4 Å². The second kappa shape index (κ2) is 3.66. The highest BCUT2D eigenvalue weighted by Crippen LogP contribution is 2.18. The highest BCUT2D eigenvalue weighted by atomic mass is 35.5. The molecule has 0 aliphatic heterocycles. The number of nitrogens with one attached hydrogen (secondary N) is 1. The van der Waals surface area contributed by atoms with E-state index in [2.05, 4.69) is 20.3 Å². The Kier molecular flexibility index (Phi) is 2.48. The van der Waals surface area contributed by atoms with Crippen molar-refractivity contribution in [2.45, 2.75) is 6.92 Å². The predicted molar refractivity (Wildman–Crippen MR) is 62.0 cm³/mol. The van der Waals surface area contributed by atoms with Crippen molar-refractivity contribution >= 4 is 41.8 Å². The lowest BCUT2D eigenvalue weighted by Crippen LogP contribution is -2.09. The Hall–Kier alpha value is -1.36. The molecule has 0 amide bonds. The van der Waals surface area contributed by atoms with Gasteiger partial charge in [-0.2, -0.15) is 0 Å². The highest BCUT2D eigenvalue weighted by Gasteiger charge is 2.07. The van der Waals surface area contributed by atoms with Gasteiger partial charge in [-0.15, -0.1) is 0 Å². The van der Waals surface area contributed by atoms with Crippen molar-refractivity contribution in [2.24, 2.45) is 0 Å². The lowest BCUT2D eigenvalue weighted by atomic mass is 9.97. The average molecular weight is 218 g/mol. The number of aromatic nitrogens is 3. The summed E-state index contributed by atoms with van der Waals surface area (Å²) in [6.07, 6.45) is 0. The minimum Gasteiger partial charge on any atom is -0.372 e. The van der Waals surface area contributed by atoms with Crippen LogP contribution in [-0.2, 0) is 0 Å². The Labute approximate surface area is 93.5 Å². The zero-order valence-electron chi connectivity index (χ0n) is 8.37. The van der Waals surface area contributed by atoms with Crippen LogP contribution in [0, 0.1) is 6.92 Å². The largest absolute Gasteiger partial charge is 0.372 e. The van der Waals surface area contributed by atoms with Gasteiger partial charge in [0.25, 0.3) is 0 Å². The number of hydrogen-bond acceptors (Lipinski definition) is 4. The van der Waals surface area contributed by atoms with Gasteiger partial charge in [0.05, 0.1) is 5.39 Å². The van der Waals surface area contributed by atoms with Gasteiger partial charge in [-0.3, -0.25) is 0 Å². The molecule has 0 aromatic carbocycles. The number of hydrogen-bond donors (Lipinski definition) is 1. The zero-order chi connectivity index (χ0) is 11.0. The number of anilines is 1. The maximum absolute atomic E-state index is 5.82. The molecule has 2 heterocycles. The van der Waals surface area contributed by atoms with Gasteiger partial charge in [0.1, 0.15) is 24.6 Å². The van der Waals surface area contributed by atoms with Gasteiger partial charge in [-0.25, -0.2) is 15.0 Å². The van der Waals surface area contributed by atoms with Gasteiger partial charge in [0, 0.05) is 7.05 Å². The Morgan fingerprint density at radius 2 is 2.07 bits per heavy atom. The lowest BCUT2D eigenvalue weighted by molar-refractivity contribution is 1.07. The first-order chi connectivity index (χ1) is 7.11. The second-order valence-corrected chi connectivity index (χ2v) is 3.47. The molecule has 0 saturated carbocycles. The average Bonchev–Trinajstić information content (AvgIpc) is 2.19. The standard InChI is InChI=1S/C9H8BClN4/c1-4-13-8(12-2)5-3-6(10)7(11)15-9(5)14-4/h3H,1-2H3,(H,12,13,14,15). The quantitative estimate of drug-likeness (QED) is 0.569. The van der Waals surface area contributed by atoms with Crippen LogP contribution < -0.4 is 10.8 Å². The predicted octanol–water partition coefficient (Wildman–Crippen LogP) is 0.822. The molecule has 0 aliphatic carbocycles. The number of rotatable bonds is 1. The fraction of sp³-hybridized carbons (Fsp3) is 0.222. The molecular formula is C9H8BClN4. The lowest BCUT2D eigenvalue weighted by Gasteiger charge is -2.07. The van der Waals surface area contributed by atoms with Gasteiger partial charge >= 0.3 is 0 Å². The molecule has 0 aliphatic rings. The zero-order valence-corrected chi connectivity index (χ0v) is 9.13. The topological polar surface area (TPSA) is 50.7 Å².